The van der Waals surface area contributed by atoms with E-state index in [9.17, 15) is 0 Å². The van der Waals surface area contributed by atoms with E-state index in [4.69, 9.17) is 5.26 Å². The molecule has 102 valence electrons. The van der Waals surface area contributed by atoms with Crippen molar-refractivity contribution >= 4 is 21.6 Å². The molecular weight excluding hydrogens is 302 g/mol. The van der Waals surface area contributed by atoms with Crippen LogP contribution in [0.3, 0.4) is 0 Å². The van der Waals surface area contributed by atoms with Crippen molar-refractivity contribution in [3.05, 3.63) is 28.2 Å². The van der Waals surface area contributed by atoms with Gasteiger partial charge in [0.2, 0.25) is 0 Å². The van der Waals surface area contributed by atoms with E-state index in [1.54, 1.807) is 0 Å². The molecule has 0 heterocycles. The average molecular weight is 322 g/mol. The second kappa shape index (κ2) is 6.40. The molecule has 3 nitrogen and oxygen atoms in total. The Morgan fingerprint density at radius 3 is 2.53 bits per heavy atom. The van der Waals surface area contributed by atoms with Crippen molar-refractivity contribution in [3.63, 3.8) is 0 Å². The van der Waals surface area contributed by atoms with Gasteiger partial charge in [-0.2, -0.15) is 5.26 Å². The molecule has 1 aliphatic rings. The van der Waals surface area contributed by atoms with Crippen LogP contribution in [0.2, 0.25) is 0 Å². The molecule has 0 bridgehead atoms. The van der Waals surface area contributed by atoms with Crippen molar-refractivity contribution in [2.24, 2.45) is 0 Å². The predicted octanol–water partition coefficient (Wildman–Crippen LogP) is 3.29. The van der Waals surface area contributed by atoms with Gasteiger partial charge in [0, 0.05) is 23.6 Å². The predicted molar refractivity (Wildman–Crippen MR) is 82.4 cm³/mol. The summed E-state index contributed by atoms with van der Waals surface area (Å²) >= 11 is 3.58. The third kappa shape index (κ3) is 3.29. The summed E-state index contributed by atoms with van der Waals surface area (Å²) in [4.78, 5) is 2.34. The van der Waals surface area contributed by atoms with Crippen LogP contribution >= 0.6 is 15.9 Å². The van der Waals surface area contributed by atoms with Gasteiger partial charge in [-0.3, -0.25) is 0 Å². The van der Waals surface area contributed by atoms with Gasteiger partial charge in [0.1, 0.15) is 0 Å². The van der Waals surface area contributed by atoms with Crippen LogP contribution in [0, 0.1) is 11.3 Å². The SMILES string of the molecule is CNC1CCC(N(C)c2ccc(C#N)cc2Br)CC1. The first kappa shape index (κ1) is 14.4. The summed E-state index contributed by atoms with van der Waals surface area (Å²) in [6.45, 7) is 0. The summed E-state index contributed by atoms with van der Waals surface area (Å²) in [5.74, 6) is 0. The van der Waals surface area contributed by atoms with Crippen molar-refractivity contribution in [2.75, 3.05) is 19.0 Å². The normalized spacial score (nSPS) is 22.8. The first-order chi connectivity index (χ1) is 9.15. The molecule has 1 aromatic rings. The first-order valence-corrected chi connectivity index (χ1v) is 7.54. The molecule has 0 spiro atoms. The number of hydrogen-bond donors (Lipinski definition) is 1. The van der Waals surface area contributed by atoms with Gasteiger partial charge >= 0.3 is 0 Å². The lowest BCUT2D eigenvalue weighted by Crippen LogP contribution is -2.40. The highest BCUT2D eigenvalue weighted by Gasteiger charge is 2.24. The van der Waals surface area contributed by atoms with E-state index >= 15 is 0 Å². The number of nitrogens with zero attached hydrogens (tertiary/aromatic N) is 2. The minimum atomic E-state index is 0.592. The molecule has 1 N–H and O–H groups in total. The molecule has 1 saturated carbocycles. The van der Waals surface area contributed by atoms with Gasteiger partial charge in [-0.15, -0.1) is 0 Å². The minimum Gasteiger partial charge on any atom is -0.371 e. The quantitative estimate of drug-likeness (QED) is 0.928. The second-order valence-electron chi connectivity index (χ2n) is 5.18. The lowest BCUT2D eigenvalue weighted by Gasteiger charge is -2.36. The minimum absolute atomic E-state index is 0.592. The van der Waals surface area contributed by atoms with E-state index in [0.717, 1.165) is 4.47 Å². The topological polar surface area (TPSA) is 39.1 Å². The van der Waals surface area contributed by atoms with Crippen LogP contribution in [0.5, 0.6) is 0 Å². The molecule has 0 radical (unpaired) electrons. The molecule has 0 atom stereocenters. The van der Waals surface area contributed by atoms with Gasteiger partial charge in [-0.1, -0.05) is 0 Å². The van der Waals surface area contributed by atoms with E-state index < -0.39 is 0 Å². The molecule has 4 heteroatoms. The van der Waals surface area contributed by atoms with E-state index in [1.165, 1.54) is 31.4 Å². The fraction of sp³-hybridized carbons (Fsp3) is 0.533. The van der Waals surface area contributed by atoms with Crippen LogP contribution in [0.25, 0.3) is 0 Å². The Hall–Kier alpha value is -1.05. The fourth-order valence-corrected chi connectivity index (χ4v) is 3.47. The van der Waals surface area contributed by atoms with Gasteiger partial charge < -0.3 is 10.2 Å². The van der Waals surface area contributed by atoms with Crippen LogP contribution in [-0.2, 0) is 0 Å². The summed E-state index contributed by atoms with van der Waals surface area (Å²) in [5, 5.41) is 12.3. The Labute approximate surface area is 123 Å². The molecule has 1 aliphatic carbocycles. The Bertz CT molecular complexity index is 473. The largest absolute Gasteiger partial charge is 0.371 e. The smallest absolute Gasteiger partial charge is 0.0992 e. The Morgan fingerprint density at radius 1 is 1.32 bits per heavy atom. The standard InChI is InChI=1S/C15H20BrN3/c1-18-12-4-6-13(7-5-12)19(2)15-8-3-11(10-17)9-14(15)16/h3,8-9,12-13,18H,4-7H2,1-2H3. The zero-order chi connectivity index (χ0) is 13.8. The van der Waals surface area contributed by atoms with Gasteiger partial charge in [-0.25, -0.2) is 0 Å². The van der Waals surface area contributed by atoms with Crippen molar-refractivity contribution in [1.82, 2.24) is 5.32 Å². The van der Waals surface area contributed by atoms with Gasteiger partial charge in [0.05, 0.1) is 17.3 Å². The van der Waals surface area contributed by atoms with Crippen LogP contribution in [0.15, 0.2) is 22.7 Å². The summed E-state index contributed by atoms with van der Waals surface area (Å²) in [7, 11) is 4.20. The number of rotatable bonds is 3. The molecule has 0 aromatic heterocycles. The number of nitriles is 1. The molecule has 0 saturated heterocycles. The van der Waals surface area contributed by atoms with Crippen molar-refractivity contribution < 1.29 is 0 Å². The van der Waals surface area contributed by atoms with Crippen molar-refractivity contribution in [2.45, 2.75) is 37.8 Å². The molecule has 19 heavy (non-hydrogen) atoms. The van der Waals surface area contributed by atoms with Gasteiger partial charge in [-0.05, 0) is 66.9 Å². The average Bonchev–Trinajstić information content (AvgIpc) is 2.46. The van der Waals surface area contributed by atoms with E-state index in [0.29, 0.717) is 17.6 Å². The molecule has 1 aromatic carbocycles. The van der Waals surface area contributed by atoms with Crippen LogP contribution < -0.4 is 10.2 Å². The highest BCUT2D eigenvalue weighted by atomic mass is 79.9. The number of anilines is 1. The summed E-state index contributed by atoms with van der Waals surface area (Å²) in [6.07, 6.45) is 4.90. The molecule has 0 amide bonds. The maximum atomic E-state index is 8.91. The third-order valence-corrected chi connectivity index (χ3v) is 4.74. The molecule has 1 fully saturated rings. The van der Waals surface area contributed by atoms with Gasteiger partial charge in [0.15, 0.2) is 0 Å². The van der Waals surface area contributed by atoms with Crippen molar-refractivity contribution in [3.8, 4) is 6.07 Å². The monoisotopic (exact) mass is 321 g/mol. The lowest BCUT2D eigenvalue weighted by molar-refractivity contribution is 0.351. The van der Waals surface area contributed by atoms with Crippen molar-refractivity contribution in [1.29, 1.82) is 5.26 Å². The second-order valence-corrected chi connectivity index (χ2v) is 6.04. The molecular formula is C15H20BrN3. The number of nitrogens with one attached hydrogen (secondary N) is 1. The van der Waals surface area contributed by atoms with E-state index in [-0.39, 0.29) is 0 Å². The zero-order valence-corrected chi connectivity index (χ0v) is 13.1. The number of hydrogen-bond acceptors (Lipinski definition) is 3. The number of halogens is 1. The lowest BCUT2D eigenvalue weighted by atomic mass is 9.90. The first-order valence-electron chi connectivity index (χ1n) is 6.75. The van der Waals surface area contributed by atoms with Crippen LogP contribution in [0.1, 0.15) is 31.2 Å². The summed E-state index contributed by atoms with van der Waals surface area (Å²) < 4.78 is 1.00. The van der Waals surface area contributed by atoms with E-state index in [2.05, 4.69) is 39.3 Å². The highest BCUT2D eigenvalue weighted by Crippen LogP contribution is 2.31. The Morgan fingerprint density at radius 2 is 2.00 bits per heavy atom. The van der Waals surface area contributed by atoms with Crippen LogP contribution in [-0.4, -0.2) is 26.2 Å². The maximum Gasteiger partial charge on any atom is 0.0992 e. The molecule has 0 unspecified atom stereocenters. The number of benzene rings is 1. The maximum absolute atomic E-state index is 8.91. The van der Waals surface area contributed by atoms with E-state index in [1.807, 2.05) is 25.2 Å². The zero-order valence-electron chi connectivity index (χ0n) is 11.5. The Balaban J connectivity index is 2.08. The molecule has 2 rings (SSSR count). The highest BCUT2D eigenvalue weighted by molar-refractivity contribution is 9.10. The van der Waals surface area contributed by atoms with Crippen LogP contribution in [0.4, 0.5) is 5.69 Å². The fourth-order valence-electron chi connectivity index (χ4n) is 2.81. The summed E-state index contributed by atoms with van der Waals surface area (Å²) in [6, 6.07) is 9.25. The summed E-state index contributed by atoms with van der Waals surface area (Å²) in [5.41, 5.74) is 1.87. The molecule has 0 aliphatic heterocycles. The van der Waals surface area contributed by atoms with Gasteiger partial charge in [0.25, 0.3) is 0 Å². The Kier molecular flexibility index (Phi) is 4.84. The third-order valence-electron chi connectivity index (χ3n) is 4.11.